The fourth-order valence-electron chi connectivity index (χ4n) is 3.05. The molecule has 0 amide bonds. The maximum Gasteiger partial charge on any atom is 0.416 e. The molecule has 0 N–H and O–H groups in total. The zero-order valence-corrected chi connectivity index (χ0v) is 15.5. The summed E-state index contributed by atoms with van der Waals surface area (Å²) in [5.41, 5.74) is 1.08. The average molecular weight is 384 g/mol. The second-order valence-electron chi connectivity index (χ2n) is 6.76. The van der Waals surface area contributed by atoms with Crippen molar-refractivity contribution in [3.63, 3.8) is 0 Å². The molecule has 0 saturated heterocycles. The Labute approximate surface area is 162 Å². The Morgan fingerprint density at radius 1 is 0.857 bits per heavy atom. The predicted molar refractivity (Wildman–Crippen MR) is 105 cm³/mol. The molecule has 144 valence electrons. The molecule has 0 fully saturated rings. The van der Waals surface area contributed by atoms with Crippen LogP contribution in [-0.2, 0) is 12.6 Å². The topological polar surface area (TPSA) is 0 Å². The Kier molecular flexibility index (Phi) is 6.04. The first-order chi connectivity index (χ1) is 13.4. The van der Waals surface area contributed by atoms with Crippen LogP contribution in [0, 0.1) is 17.7 Å². The second-order valence-corrected chi connectivity index (χ2v) is 6.76. The third kappa shape index (κ3) is 4.72. The molecule has 3 aromatic carbocycles. The smallest absolute Gasteiger partial charge is 0.205 e. The van der Waals surface area contributed by atoms with Crippen molar-refractivity contribution in [2.24, 2.45) is 0 Å². The maximum atomic E-state index is 14.8. The zero-order chi connectivity index (χ0) is 20.1. The number of benzene rings is 3. The largest absolute Gasteiger partial charge is 0.416 e. The summed E-state index contributed by atoms with van der Waals surface area (Å²) < 4.78 is 52.6. The summed E-state index contributed by atoms with van der Waals surface area (Å²) in [6, 6.07) is 13.7. The van der Waals surface area contributed by atoms with Crippen LogP contribution in [0.3, 0.4) is 0 Å². The summed E-state index contributed by atoms with van der Waals surface area (Å²) in [5.74, 6) is 5.06. The van der Waals surface area contributed by atoms with Gasteiger partial charge in [0, 0.05) is 10.9 Å². The van der Waals surface area contributed by atoms with Crippen LogP contribution in [0.1, 0.15) is 48.4 Å². The molecule has 0 nitrogen and oxygen atoms in total. The van der Waals surface area contributed by atoms with E-state index in [-0.39, 0.29) is 5.56 Å². The Balaban J connectivity index is 1.83. The monoisotopic (exact) mass is 384 g/mol. The van der Waals surface area contributed by atoms with E-state index in [9.17, 15) is 17.6 Å². The van der Waals surface area contributed by atoms with Crippen LogP contribution >= 0.6 is 0 Å². The lowest BCUT2D eigenvalue weighted by molar-refractivity contribution is -0.137. The SMILES string of the molecule is CCCCCc1ccc2c(F)c(C#Cc3ccc(C(F)(F)F)cc3)ccc2c1. The summed E-state index contributed by atoms with van der Waals surface area (Å²) in [6.07, 6.45) is 0.0297. The predicted octanol–water partition coefficient (Wildman–Crippen LogP) is 7.13. The van der Waals surface area contributed by atoms with Gasteiger partial charge in [0.25, 0.3) is 0 Å². The number of unbranched alkanes of at least 4 members (excludes halogenated alkanes) is 2. The van der Waals surface area contributed by atoms with Gasteiger partial charge < -0.3 is 0 Å². The first-order valence-corrected chi connectivity index (χ1v) is 9.29. The fourth-order valence-corrected chi connectivity index (χ4v) is 3.05. The quantitative estimate of drug-likeness (QED) is 0.255. The standard InChI is InChI=1S/C24H20F4/c1-2-3-4-5-18-9-15-22-20(16-18)12-11-19(23(22)25)10-6-17-7-13-21(14-8-17)24(26,27)28/h7-9,11-16H,2-5H2,1H3. The summed E-state index contributed by atoms with van der Waals surface area (Å²) in [6.45, 7) is 2.16. The molecule has 0 aliphatic heterocycles. The van der Waals surface area contributed by atoms with E-state index in [4.69, 9.17) is 0 Å². The Morgan fingerprint density at radius 3 is 2.29 bits per heavy atom. The van der Waals surface area contributed by atoms with Gasteiger partial charge in [0.05, 0.1) is 11.1 Å². The van der Waals surface area contributed by atoms with Gasteiger partial charge in [0.1, 0.15) is 5.82 Å². The lowest BCUT2D eigenvalue weighted by Gasteiger charge is -2.06. The maximum absolute atomic E-state index is 14.8. The molecule has 0 unspecified atom stereocenters. The van der Waals surface area contributed by atoms with Crippen molar-refractivity contribution in [3.8, 4) is 11.8 Å². The lowest BCUT2D eigenvalue weighted by atomic mass is 10.0. The Hall–Kier alpha value is -2.80. The van der Waals surface area contributed by atoms with Crippen LogP contribution in [0.4, 0.5) is 17.6 Å². The molecular weight excluding hydrogens is 364 g/mol. The van der Waals surface area contributed by atoms with Crippen molar-refractivity contribution in [2.45, 2.75) is 38.8 Å². The van der Waals surface area contributed by atoms with Crippen molar-refractivity contribution < 1.29 is 17.6 Å². The normalized spacial score (nSPS) is 11.3. The zero-order valence-electron chi connectivity index (χ0n) is 15.5. The summed E-state index contributed by atoms with van der Waals surface area (Å²) in [4.78, 5) is 0. The first kappa shape index (κ1) is 19.9. The lowest BCUT2D eigenvalue weighted by Crippen LogP contribution is -2.04. The molecule has 0 bridgehead atoms. The molecule has 3 aromatic rings. The van der Waals surface area contributed by atoms with Gasteiger partial charge in [-0.25, -0.2) is 4.39 Å². The van der Waals surface area contributed by atoms with Gasteiger partial charge in [-0.15, -0.1) is 0 Å². The molecule has 0 heterocycles. The second kappa shape index (κ2) is 8.48. The summed E-state index contributed by atoms with van der Waals surface area (Å²) in [7, 11) is 0. The van der Waals surface area contributed by atoms with Gasteiger partial charge in [0.15, 0.2) is 0 Å². The highest BCUT2D eigenvalue weighted by Crippen LogP contribution is 2.29. The van der Waals surface area contributed by atoms with E-state index in [0.29, 0.717) is 10.9 Å². The van der Waals surface area contributed by atoms with Crippen LogP contribution in [0.15, 0.2) is 54.6 Å². The van der Waals surface area contributed by atoms with Crippen molar-refractivity contribution >= 4 is 10.8 Å². The van der Waals surface area contributed by atoms with E-state index in [1.165, 1.54) is 24.1 Å². The molecule has 0 saturated carbocycles. The number of rotatable bonds is 4. The summed E-state index contributed by atoms with van der Waals surface area (Å²) in [5, 5.41) is 1.32. The molecule has 0 aliphatic rings. The molecule has 0 atom stereocenters. The third-order valence-electron chi connectivity index (χ3n) is 4.64. The molecule has 0 aliphatic carbocycles. The van der Waals surface area contributed by atoms with Crippen molar-refractivity contribution in [3.05, 3.63) is 82.7 Å². The van der Waals surface area contributed by atoms with Gasteiger partial charge >= 0.3 is 6.18 Å². The van der Waals surface area contributed by atoms with Crippen LogP contribution < -0.4 is 0 Å². The minimum atomic E-state index is -4.38. The Bertz CT molecular complexity index is 1020. The average Bonchev–Trinajstić information content (AvgIpc) is 2.67. The van der Waals surface area contributed by atoms with Crippen molar-refractivity contribution in [1.82, 2.24) is 0 Å². The molecule has 0 aromatic heterocycles. The van der Waals surface area contributed by atoms with Crippen LogP contribution in [-0.4, -0.2) is 0 Å². The number of hydrogen-bond acceptors (Lipinski definition) is 0. The molecular formula is C24H20F4. The van der Waals surface area contributed by atoms with Crippen LogP contribution in [0.25, 0.3) is 10.8 Å². The number of alkyl halides is 3. The summed E-state index contributed by atoms with van der Waals surface area (Å²) >= 11 is 0. The molecule has 4 heteroatoms. The molecule has 0 spiro atoms. The van der Waals surface area contributed by atoms with Gasteiger partial charge in [-0.1, -0.05) is 55.9 Å². The van der Waals surface area contributed by atoms with E-state index in [2.05, 4.69) is 18.8 Å². The third-order valence-corrected chi connectivity index (χ3v) is 4.64. The molecule has 0 radical (unpaired) electrons. The highest BCUT2D eigenvalue weighted by molar-refractivity contribution is 5.85. The molecule has 28 heavy (non-hydrogen) atoms. The van der Waals surface area contributed by atoms with E-state index < -0.39 is 17.6 Å². The van der Waals surface area contributed by atoms with Gasteiger partial charge in [-0.3, -0.25) is 0 Å². The van der Waals surface area contributed by atoms with E-state index >= 15 is 0 Å². The minimum Gasteiger partial charge on any atom is -0.205 e. The minimum absolute atomic E-state index is 0.228. The van der Waals surface area contributed by atoms with Gasteiger partial charge in [-0.2, -0.15) is 13.2 Å². The van der Waals surface area contributed by atoms with Crippen molar-refractivity contribution in [1.29, 1.82) is 0 Å². The number of hydrogen-bond donors (Lipinski definition) is 0. The van der Waals surface area contributed by atoms with Crippen LogP contribution in [0.2, 0.25) is 0 Å². The van der Waals surface area contributed by atoms with Crippen molar-refractivity contribution in [2.75, 3.05) is 0 Å². The van der Waals surface area contributed by atoms with Crippen LogP contribution in [0.5, 0.6) is 0 Å². The number of fused-ring (bicyclic) bond motifs is 1. The van der Waals surface area contributed by atoms with E-state index in [1.807, 2.05) is 18.2 Å². The Morgan fingerprint density at radius 2 is 1.61 bits per heavy atom. The van der Waals surface area contributed by atoms with E-state index in [0.717, 1.165) is 36.8 Å². The first-order valence-electron chi connectivity index (χ1n) is 9.29. The highest BCUT2D eigenvalue weighted by Gasteiger charge is 2.29. The number of aryl methyl sites for hydroxylation is 1. The van der Waals surface area contributed by atoms with E-state index in [1.54, 1.807) is 12.1 Å². The number of halogens is 4. The molecule has 3 rings (SSSR count). The fraction of sp³-hybridized carbons (Fsp3) is 0.250. The van der Waals surface area contributed by atoms with Gasteiger partial charge in [-0.05, 0) is 54.1 Å². The van der Waals surface area contributed by atoms with Gasteiger partial charge in [0.2, 0.25) is 0 Å². The highest BCUT2D eigenvalue weighted by atomic mass is 19.4.